The Labute approximate surface area is 172 Å². The molecule has 0 unspecified atom stereocenters. The molecule has 30 heavy (non-hydrogen) atoms. The first-order chi connectivity index (χ1) is 14.9. The molecule has 0 spiro atoms. The van der Waals surface area contributed by atoms with E-state index in [0.717, 1.165) is 33.7 Å². The van der Waals surface area contributed by atoms with Gasteiger partial charge in [0.1, 0.15) is 12.4 Å². The highest BCUT2D eigenvalue weighted by molar-refractivity contribution is 5.75. The molecule has 0 amide bonds. The summed E-state index contributed by atoms with van der Waals surface area (Å²) in [6.07, 6.45) is 8.99. The van der Waals surface area contributed by atoms with Crippen molar-refractivity contribution < 1.29 is 4.74 Å². The molecule has 0 aliphatic rings. The van der Waals surface area contributed by atoms with Crippen LogP contribution in [0.3, 0.4) is 0 Å². The lowest BCUT2D eigenvalue weighted by Crippen LogP contribution is -1.98. The van der Waals surface area contributed by atoms with Crippen molar-refractivity contribution in [2.45, 2.75) is 6.61 Å². The molecule has 3 aromatic heterocycles. The van der Waals surface area contributed by atoms with E-state index in [0.29, 0.717) is 12.4 Å². The van der Waals surface area contributed by atoms with Crippen LogP contribution in [0.2, 0.25) is 0 Å². The summed E-state index contributed by atoms with van der Waals surface area (Å²) in [5.41, 5.74) is 4.90. The van der Waals surface area contributed by atoms with Gasteiger partial charge in [0.2, 0.25) is 0 Å². The lowest BCUT2D eigenvalue weighted by molar-refractivity contribution is 0.307. The van der Waals surface area contributed by atoms with E-state index in [2.05, 4.69) is 54.9 Å². The van der Waals surface area contributed by atoms with Gasteiger partial charge in [-0.3, -0.25) is 4.98 Å². The summed E-state index contributed by atoms with van der Waals surface area (Å²) in [7, 11) is 0. The van der Waals surface area contributed by atoms with E-state index in [-0.39, 0.29) is 0 Å². The second kappa shape index (κ2) is 7.96. The fourth-order valence-electron chi connectivity index (χ4n) is 3.18. The number of ether oxygens (including phenoxy) is 1. The predicted molar refractivity (Wildman–Crippen MR) is 111 cm³/mol. The van der Waals surface area contributed by atoms with Gasteiger partial charge in [0.25, 0.3) is 0 Å². The maximum absolute atomic E-state index is 6.18. The van der Waals surface area contributed by atoms with E-state index < -0.39 is 0 Å². The molecule has 0 atom stereocenters. The molecule has 5 rings (SSSR count). The van der Waals surface area contributed by atoms with Crippen LogP contribution in [0.15, 0.2) is 85.7 Å². The minimum Gasteiger partial charge on any atom is -0.488 e. The number of imidazole rings is 1. The molecule has 1 N–H and O–H groups in total. The Hall–Kier alpha value is -4.33. The van der Waals surface area contributed by atoms with Crippen molar-refractivity contribution >= 4 is 0 Å². The van der Waals surface area contributed by atoms with E-state index in [4.69, 9.17) is 4.74 Å². The van der Waals surface area contributed by atoms with Crippen LogP contribution in [0, 0.1) is 0 Å². The van der Waals surface area contributed by atoms with E-state index in [1.807, 2.05) is 41.1 Å². The number of nitrogens with one attached hydrogen (secondary N) is 1. The number of H-pyrrole nitrogens is 1. The van der Waals surface area contributed by atoms with Crippen molar-refractivity contribution in [2.24, 2.45) is 0 Å². The van der Waals surface area contributed by atoms with Crippen LogP contribution in [0.1, 0.15) is 5.56 Å². The van der Waals surface area contributed by atoms with Gasteiger partial charge in [-0.05, 0) is 46.3 Å². The van der Waals surface area contributed by atoms with Crippen molar-refractivity contribution in [3.8, 4) is 34.0 Å². The molecule has 8 nitrogen and oxygen atoms in total. The largest absolute Gasteiger partial charge is 0.488 e. The summed E-state index contributed by atoms with van der Waals surface area (Å²) in [5, 5.41) is 14.1. The zero-order chi connectivity index (χ0) is 20.2. The van der Waals surface area contributed by atoms with Crippen molar-refractivity contribution in [2.75, 3.05) is 0 Å². The standard InChI is InChI=1S/C22H17N7O/c1-2-16(13-23-9-1)14-30-21-12-18(22-25-27-28-26-22)5-8-20(21)17-3-6-19(7-4-17)29-11-10-24-15-29/h1-13,15H,14H2,(H,25,26,27,28). The number of tetrazole rings is 1. The fourth-order valence-corrected chi connectivity index (χ4v) is 3.18. The van der Waals surface area contributed by atoms with Gasteiger partial charge in [-0.2, -0.15) is 0 Å². The molecule has 0 aliphatic carbocycles. The van der Waals surface area contributed by atoms with Crippen LogP contribution in [0.25, 0.3) is 28.2 Å². The highest BCUT2D eigenvalue weighted by atomic mass is 16.5. The molecular formula is C22H17N7O. The van der Waals surface area contributed by atoms with Crippen molar-refractivity contribution in [3.05, 3.63) is 91.3 Å². The Balaban J connectivity index is 1.49. The molecule has 2 aromatic carbocycles. The monoisotopic (exact) mass is 395 g/mol. The third-order valence-electron chi connectivity index (χ3n) is 4.70. The summed E-state index contributed by atoms with van der Waals surface area (Å²) in [6, 6.07) is 18.0. The number of aromatic amines is 1. The summed E-state index contributed by atoms with van der Waals surface area (Å²) in [5.74, 6) is 1.33. The third-order valence-corrected chi connectivity index (χ3v) is 4.70. The average molecular weight is 395 g/mol. The van der Waals surface area contributed by atoms with Crippen LogP contribution in [-0.4, -0.2) is 35.2 Å². The van der Waals surface area contributed by atoms with Crippen molar-refractivity contribution in [1.82, 2.24) is 35.2 Å². The van der Waals surface area contributed by atoms with Gasteiger partial charge in [-0.1, -0.05) is 24.3 Å². The highest BCUT2D eigenvalue weighted by Crippen LogP contribution is 2.34. The number of aromatic nitrogens is 7. The minimum atomic E-state index is 0.409. The Morgan fingerprint density at radius 1 is 0.933 bits per heavy atom. The first-order valence-corrected chi connectivity index (χ1v) is 9.35. The molecule has 5 aromatic rings. The van der Waals surface area contributed by atoms with Crippen LogP contribution in [0.4, 0.5) is 0 Å². The molecule has 0 saturated carbocycles. The number of nitrogens with zero attached hydrogens (tertiary/aromatic N) is 6. The summed E-state index contributed by atoms with van der Waals surface area (Å²) in [6.45, 7) is 0.409. The van der Waals surface area contributed by atoms with Gasteiger partial charge < -0.3 is 9.30 Å². The van der Waals surface area contributed by atoms with Crippen LogP contribution in [0.5, 0.6) is 5.75 Å². The first-order valence-electron chi connectivity index (χ1n) is 9.35. The quantitative estimate of drug-likeness (QED) is 0.471. The summed E-state index contributed by atoms with van der Waals surface area (Å²) < 4.78 is 8.14. The fraction of sp³-hybridized carbons (Fsp3) is 0.0455. The molecule has 3 heterocycles. The maximum Gasteiger partial charge on any atom is 0.179 e. The third kappa shape index (κ3) is 3.66. The van der Waals surface area contributed by atoms with Gasteiger partial charge in [-0.25, -0.2) is 10.1 Å². The Morgan fingerprint density at radius 2 is 1.83 bits per heavy atom. The highest BCUT2D eigenvalue weighted by Gasteiger charge is 2.12. The maximum atomic E-state index is 6.18. The summed E-state index contributed by atoms with van der Waals surface area (Å²) >= 11 is 0. The van der Waals surface area contributed by atoms with Gasteiger partial charge in [0, 0.05) is 47.2 Å². The topological polar surface area (TPSA) is 94.4 Å². The van der Waals surface area contributed by atoms with Crippen LogP contribution >= 0.6 is 0 Å². The Bertz CT molecular complexity index is 1220. The van der Waals surface area contributed by atoms with Crippen LogP contribution in [-0.2, 0) is 6.61 Å². The number of hydrogen-bond acceptors (Lipinski definition) is 6. The van der Waals surface area contributed by atoms with Gasteiger partial charge in [0.05, 0.1) is 6.33 Å². The zero-order valence-corrected chi connectivity index (χ0v) is 15.9. The van der Waals surface area contributed by atoms with E-state index >= 15 is 0 Å². The second-order valence-corrected chi connectivity index (χ2v) is 6.63. The van der Waals surface area contributed by atoms with E-state index in [1.165, 1.54) is 0 Å². The molecule has 0 saturated heterocycles. The van der Waals surface area contributed by atoms with E-state index in [1.54, 1.807) is 24.9 Å². The summed E-state index contributed by atoms with van der Waals surface area (Å²) in [4.78, 5) is 8.25. The van der Waals surface area contributed by atoms with Gasteiger partial charge in [-0.15, -0.1) is 5.10 Å². The van der Waals surface area contributed by atoms with Crippen molar-refractivity contribution in [1.29, 1.82) is 0 Å². The van der Waals surface area contributed by atoms with Gasteiger partial charge >= 0.3 is 0 Å². The second-order valence-electron chi connectivity index (χ2n) is 6.63. The number of hydrogen-bond donors (Lipinski definition) is 1. The first kappa shape index (κ1) is 17.7. The molecule has 0 radical (unpaired) electrons. The number of rotatable bonds is 6. The van der Waals surface area contributed by atoms with E-state index in [9.17, 15) is 0 Å². The minimum absolute atomic E-state index is 0.409. The Morgan fingerprint density at radius 3 is 2.57 bits per heavy atom. The predicted octanol–water partition coefficient (Wildman–Crippen LogP) is 3.69. The van der Waals surface area contributed by atoms with Crippen LogP contribution < -0.4 is 4.74 Å². The molecular weight excluding hydrogens is 378 g/mol. The van der Waals surface area contributed by atoms with Gasteiger partial charge in [0.15, 0.2) is 5.82 Å². The number of pyridine rings is 1. The number of benzene rings is 2. The average Bonchev–Trinajstić information content (AvgIpc) is 3.53. The SMILES string of the molecule is c1cncc(COc2cc(-c3nnn[nH]3)ccc2-c2ccc(-n3ccnc3)cc2)c1. The molecule has 146 valence electrons. The molecule has 0 aliphatic heterocycles. The Kier molecular flexibility index (Phi) is 4.71. The van der Waals surface area contributed by atoms with Crippen molar-refractivity contribution in [3.63, 3.8) is 0 Å². The smallest absolute Gasteiger partial charge is 0.179 e. The molecule has 8 heteroatoms. The lowest BCUT2D eigenvalue weighted by Gasteiger charge is -2.14. The molecule has 0 fully saturated rings. The molecule has 0 bridgehead atoms. The lowest BCUT2D eigenvalue weighted by atomic mass is 10.0. The zero-order valence-electron chi connectivity index (χ0n) is 15.9. The normalized spacial score (nSPS) is 10.8.